The van der Waals surface area contributed by atoms with Crippen molar-refractivity contribution in [3.8, 4) is 11.4 Å². The average Bonchev–Trinajstić information content (AvgIpc) is 3.16. The quantitative estimate of drug-likeness (QED) is 0.777. The van der Waals surface area contributed by atoms with Gasteiger partial charge in [-0.05, 0) is 34.8 Å². The van der Waals surface area contributed by atoms with Crippen LogP contribution in [0.2, 0.25) is 0 Å². The Morgan fingerprint density at radius 3 is 3.00 bits per heavy atom. The molecule has 120 valence electrons. The van der Waals surface area contributed by atoms with E-state index in [1.807, 2.05) is 24.3 Å². The first-order valence-electron chi connectivity index (χ1n) is 7.16. The third-order valence-electron chi connectivity index (χ3n) is 4.04. The van der Waals surface area contributed by atoms with E-state index in [0.29, 0.717) is 22.8 Å². The Morgan fingerprint density at radius 2 is 2.17 bits per heavy atom. The largest absolute Gasteiger partial charge is 0.494 e. The highest BCUT2D eigenvalue weighted by Crippen LogP contribution is 2.33. The molecule has 0 spiro atoms. The number of para-hydroxylation sites is 2. The zero-order chi connectivity index (χ0) is 16.0. The number of nitrogens with zero attached hydrogens (tertiary/aromatic N) is 4. The van der Waals surface area contributed by atoms with Gasteiger partial charge < -0.3 is 14.2 Å². The third-order valence-corrected chi connectivity index (χ3v) is 4.40. The predicted octanol–water partition coefficient (Wildman–Crippen LogP) is 1.06. The maximum absolute atomic E-state index is 12.0. The fourth-order valence-electron chi connectivity index (χ4n) is 2.89. The van der Waals surface area contributed by atoms with Crippen molar-refractivity contribution < 1.29 is 19.0 Å². The Labute approximate surface area is 136 Å². The van der Waals surface area contributed by atoms with Crippen LogP contribution in [0.3, 0.4) is 0 Å². The number of aromatic nitrogens is 4. The third kappa shape index (κ3) is 2.28. The van der Waals surface area contributed by atoms with E-state index in [2.05, 4.69) is 10.4 Å². The van der Waals surface area contributed by atoms with Crippen LogP contribution in [0.4, 0.5) is 0 Å². The second kappa shape index (κ2) is 5.52. The predicted molar refractivity (Wildman–Crippen MR) is 80.0 cm³/mol. The molecule has 4 rings (SSSR count). The van der Waals surface area contributed by atoms with Crippen LogP contribution in [-0.2, 0) is 14.3 Å². The van der Waals surface area contributed by atoms with E-state index in [1.165, 1.54) is 4.68 Å². The van der Waals surface area contributed by atoms with Crippen LogP contribution >= 0.6 is 12.2 Å². The zero-order valence-corrected chi connectivity index (χ0v) is 13.1. The molecule has 0 unspecified atom stereocenters. The molecule has 2 aliphatic heterocycles. The molecule has 2 bridgehead atoms. The number of tetrazole rings is 1. The van der Waals surface area contributed by atoms with Crippen molar-refractivity contribution in [1.29, 1.82) is 0 Å². The first-order chi connectivity index (χ1) is 11.2. The van der Waals surface area contributed by atoms with E-state index in [1.54, 1.807) is 11.8 Å². The van der Waals surface area contributed by atoms with Gasteiger partial charge in [0.25, 0.3) is 0 Å². The van der Waals surface area contributed by atoms with E-state index < -0.39 is 6.29 Å². The van der Waals surface area contributed by atoms with Gasteiger partial charge in [0.2, 0.25) is 11.1 Å². The molecule has 0 amide bonds. The Balaban J connectivity index is 1.74. The van der Waals surface area contributed by atoms with Crippen LogP contribution in [0.15, 0.2) is 24.3 Å². The van der Waals surface area contributed by atoms with E-state index in [9.17, 15) is 4.79 Å². The lowest BCUT2D eigenvalue weighted by Gasteiger charge is -2.25. The van der Waals surface area contributed by atoms with Gasteiger partial charge >= 0.3 is 0 Å². The van der Waals surface area contributed by atoms with Crippen molar-refractivity contribution >= 4 is 18.0 Å². The summed E-state index contributed by atoms with van der Waals surface area (Å²) < 4.78 is 19.6. The smallest absolute Gasteiger partial charge is 0.221 e. The minimum Gasteiger partial charge on any atom is -0.494 e. The number of rotatable bonds is 3. The van der Waals surface area contributed by atoms with Crippen LogP contribution in [0, 0.1) is 4.77 Å². The van der Waals surface area contributed by atoms with Crippen LogP contribution in [-0.4, -0.2) is 51.7 Å². The Bertz CT molecular complexity index is 817. The molecule has 3 heterocycles. The van der Waals surface area contributed by atoms with Crippen molar-refractivity contribution in [2.75, 3.05) is 13.7 Å². The summed E-state index contributed by atoms with van der Waals surface area (Å²) in [6.45, 7) is 0.352. The number of fused-ring (bicyclic) bond motifs is 2. The molecule has 0 N–H and O–H groups in total. The summed E-state index contributed by atoms with van der Waals surface area (Å²) in [6, 6.07) is 7.07. The van der Waals surface area contributed by atoms with Gasteiger partial charge in [0.15, 0.2) is 5.78 Å². The van der Waals surface area contributed by atoms with Gasteiger partial charge in [-0.2, -0.15) is 4.68 Å². The van der Waals surface area contributed by atoms with Gasteiger partial charge in [0.1, 0.15) is 17.5 Å². The van der Waals surface area contributed by atoms with Crippen molar-refractivity contribution in [1.82, 2.24) is 19.8 Å². The highest BCUT2D eigenvalue weighted by atomic mass is 32.1. The van der Waals surface area contributed by atoms with Gasteiger partial charge in [-0.3, -0.25) is 4.79 Å². The molecule has 3 atom stereocenters. The maximum Gasteiger partial charge on any atom is 0.221 e. The first kappa shape index (κ1) is 14.5. The number of Topliss-reactive ketones (excluding diaryl/α,β-unsaturated/α-hetero) is 1. The lowest BCUT2D eigenvalue weighted by molar-refractivity contribution is -0.156. The number of ether oxygens (including phenoxy) is 3. The summed E-state index contributed by atoms with van der Waals surface area (Å²) in [5, 5.41) is 8.24. The second-order valence-electron chi connectivity index (χ2n) is 5.37. The van der Waals surface area contributed by atoms with E-state index >= 15 is 0 Å². The number of benzene rings is 1. The Hall–Kier alpha value is -2.10. The molecule has 1 aromatic carbocycles. The molecule has 9 heteroatoms. The highest BCUT2D eigenvalue weighted by Gasteiger charge is 2.45. The molecule has 0 aliphatic carbocycles. The maximum atomic E-state index is 12.0. The van der Waals surface area contributed by atoms with E-state index in [4.69, 9.17) is 26.4 Å². The molecule has 0 radical (unpaired) electrons. The topological polar surface area (TPSA) is 80.4 Å². The molecule has 2 saturated heterocycles. The average molecular weight is 334 g/mol. The Morgan fingerprint density at radius 1 is 1.35 bits per heavy atom. The number of carbonyl (C=O) groups excluding carboxylic acids is 1. The lowest BCUT2D eigenvalue weighted by Crippen LogP contribution is -2.37. The van der Waals surface area contributed by atoms with Gasteiger partial charge in [-0.15, -0.1) is 0 Å². The van der Waals surface area contributed by atoms with Crippen LogP contribution in [0.5, 0.6) is 5.75 Å². The van der Waals surface area contributed by atoms with Crippen molar-refractivity contribution in [3.63, 3.8) is 0 Å². The normalized spacial score (nSPS) is 26.5. The van der Waals surface area contributed by atoms with E-state index in [-0.39, 0.29) is 24.3 Å². The zero-order valence-electron chi connectivity index (χ0n) is 12.3. The molecule has 1 aromatic heterocycles. The summed E-state index contributed by atoms with van der Waals surface area (Å²) in [5.74, 6) is 0.536. The number of hydrogen-bond acceptors (Lipinski definition) is 7. The van der Waals surface area contributed by atoms with Crippen LogP contribution in [0.1, 0.15) is 12.5 Å². The van der Waals surface area contributed by atoms with Gasteiger partial charge in [0, 0.05) is 6.42 Å². The molecule has 0 saturated carbocycles. The van der Waals surface area contributed by atoms with Crippen molar-refractivity contribution in [2.45, 2.75) is 24.9 Å². The standard InChI is InChI=1S/C14H14N4O4S/c1-20-11-5-3-2-4-8(11)17-14(23)18(16-15-17)9-6-10(19)13-21-7-12(9)22-13/h2-5,9,12-13H,6-7H2,1H3/t9-,12-,13-/m0/s1. The number of carbonyl (C=O) groups is 1. The van der Waals surface area contributed by atoms with Gasteiger partial charge in [0.05, 0.1) is 19.8 Å². The molecule has 23 heavy (non-hydrogen) atoms. The fourth-order valence-corrected chi connectivity index (χ4v) is 3.20. The summed E-state index contributed by atoms with van der Waals surface area (Å²) >= 11 is 5.49. The van der Waals surface area contributed by atoms with Crippen molar-refractivity contribution in [3.05, 3.63) is 29.0 Å². The first-order valence-corrected chi connectivity index (χ1v) is 7.57. The highest BCUT2D eigenvalue weighted by molar-refractivity contribution is 7.71. The summed E-state index contributed by atoms with van der Waals surface area (Å²) in [6.07, 6.45) is -0.712. The van der Waals surface area contributed by atoms with Crippen molar-refractivity contribution in [2.24, 2.45) is 0 Å². The fraction of sp³-hybridized carbons (Fsp3) is 0.429. The lowest BCUT2D eigenvalue weighted by atomic mass is 10.0. The number of ketones is 1. The molecule has 2 aliphatic rings. The van der Waals surface area contributed by atoms with E-state index in [0.717, 1.165) is 0 Å². The SMILES string of the molecule is COc1ccccc1-n1nnn([C@H]2CC(=O)[C@H]3OC[C@@H]2O3)c1=S. The second-order valence-corrected chi connectivity index (χ2v) is 5.73. The minimum atomic E-state index is -0.741. The molecule has 2 fully saturated rings. The molecule has 8 nitrogen and oxygen atoms in total. The monoisotopic (exact) mass is 334 g/mol. The summed E-state index contributed by atoms with van der Waals surface area (Å²) in [4.78, 5) is 12.0. The van der Waals surface area contributed by atoms with Gasteiger partial charge in [-0.1, -0.05) is 12.1 Å². The molecule has 2 aromatic rings. The molecular weight excluding hydrogens is 320 g/mol. The van der Waals surface area contributed by atoms with Crippen LogP contribution in [0.25, 0.3) is 5.69 Å². The Kier molecular flexibility index (Phi) is 3.47. The molecular formula is C14H14N4O4S. The van der Waals surface area contributed by atoms with Gasteiger partial charge in [-0.25, -0.2) is 4.68 Å². The summed E-state index contributed by atoms with van der Waals surface area (Å²) in [7, 11) is 1.58. The summed E-state index contributed by atoms with van der Waals surface area (Å²) in [5.41, 5.74) is 0.690. The number of methoxy groups -OCH3 is 1. The minimum absolute atomic E-state index is 0.0995. The van der Waals surface area contributed by atoms with Crippen LogP contribution < -0.4 is 4.74 Å². The number of hydrogen-bond donors (Lipinski definition) is 0.